The van der Waals surface area contributed by atoms with Gasteiger partial charge in [-0.15, -0.1) is 5.10 Å². The number of Topliss-reactive ketones (excluding diaryl/α,β-unsaturated/α-hetero) is 2. The van der Waals surface area contributed by atoms with E-state index in [0.717, 1.165) is 81.1 Å². The van der Waals surface area contributed by atoms with Crippen LogP contribution in [-0.4, -0.2) is 202 Å². The number of nitrogens with zero attached hydrogens (tertiary/aromatic N) is 7. The van der Waals surface area contributed by atoms with Gasteiger partial charge in [-0.05, 0) is 140 Å². The summed E-state index contributed by atoms with van der Waals surface area (Å²) in [7, 11) is 4.63. The summed E-state index contributed by atoms with van der Waals surface area (Å²) in [5, 5.41) is 27.0. The van der Waals surface area contributed by atoms with E-state index in [0.29, 0.717) is 86.1 Å². The Morgan fingerprint density at radius 1 is 0.644 bits per heavy atom. The molecule has 7 aromatic rings. The number of carbonyl (C=O) groups excluding carboxylic acids is 8. The molecule has 5 aliphatic heterocycles. The maximum absolute atomic E-state index is 14.5. The Bertz CT molecular complexity index is 4810. The fourth-order valence-corrected chi connectivity index (χ4v) is 16.0. The van der Waals surface area contributed by atoms with Crippen LogP contribution in [0.3, 0.4) is 0 Å². The summed E-state index contributed by atoms with van der Waals surface area (Å²) in [6.45, 7) is 12.5. The number of nitrogens with one attached hydrogen (secondary N) is 2. The number of rotatable bonds is 39. The average molecular weight is 1620 g/mol. The average Bonchev–Trinajstić information content (AvgIpc) is 1.56. The molecule has 28 nitrogen and oxygen atoms in total. The van der Waals surface area contributed by atoms with Gasteiger partial charge in [-0.2, -0.15) is 0 Å². The zero-order chi connectivity index (χ0) is 83.2. The Kier molecular flexibility index (Phi) is 28.1. The van der Waals surface area contributed by atoms with Gasteiger partial charge in [-0.3, -0.25) is 33.6 Å². The number of benzene rings is 6. The van der Waals surface area contributed by atoms with Crippen molar-refractivity contribution in [2.75, 3.05) is 110 Å². The van der Waals surface area contributed by atoms with E-state index in [4.69, 9.17) is 47.4 Å². The zero-order valence-electron chi connectivity index (χ0n) is 68.5. The highest BCUT2D eigenvalue weighted by atomic mass is 16.6. The lowest BCUT2D eigenvalue weighted by molar-refractivity contribution is -0.133. The van der Waals surface area contributed by atoms with Crippen molar-refractivity contribution in [2.45, 2.75) is 155 Å². The van der Waals surface area contributed by atoms with Crippen LogP contribution in [0.1, 0.15) is 153 Å². The van der Waals surface area contributed by atoms with Crippen LogP contribution in [0.2, 0.25) is 0 Å². The molecule has 3 N–H and O–H groups in total. The minimum Gasteiger partial charge on any atom is -0.497 e. The summed E-state index contributed by atoms with van der Waals surface area (Å²) >= 11 is 0. The zero-order valence-corrected chi connectivity index (χ0v) is 68.5. The third-order valence-corrected chi connectivity index (χ3v) is 22.9. The van der Waals surface area contributed by atoms with Crippen molar-refractivity contribution in [1.29, 1.82) is 0 Å². The normalized spacial score (nSPS) is 17.3. The van der Waals surface area contributed by atoms with Gasteiger partial charge in [0.05, 0.1) is 129 Å². The Balaban J connectivity index is 0.497. The summed E-state index contributed by atoms with van der Waals surface area (Å²) in [5.74, 6) is -0.363. The quantitative estimate of drug-likeness (QED) is 0.0301. The molecule has 1 spiro atoms. The van der Waals surface area contributed by atoms with E-state index < -0.39 is 36.2 Å². The summed E-state index contributed by atoms with van der Waals surface area (Å²) in [6.07, 6.45) is 4.73. The number of aliphatic hydroxyl groups is 1. The number of para-hydroxylation sites is 1. The van der Waals surface area contributed by atoms with Crippen LogP contribution in [0.15, 0.2) is 128 Å². The largest absolute Gasteiger partial charge is 0.497 e. The monoisotopic (exact) mass is 1620 g/mol. The van der Waals surface area contributed by atoms with Gasteiger partial charge < -0.3 is 77.8 Å². The van der Waals surface area contributed by atoms with Crippen molar-refractivity contribution in [3.8, 4) is 51.3 Å². The van der Waals surface area contributed by atoms with Gasteiger partial charge in [0.1, 0.15) is 23.8 Å². The second-order valence-electron chi connectivity index (χ2n) is 31.6. The van der Waals surface area contributed by atoms with Gasteiger partial charge in [0.2, 0.25) is 17.7 Å². The van der Waals surface area contributed by atoms with E-state index in [1.807, 2.05) is 108 Å². The molecule has 0 bridgehead atoms. The molecule has 6 amide bonds. The van der Waals surface area contributed by atoms with Crippen LogP contribution in [0, 0.1) is 17.3 Å². The molecule has 1 saturated heterocycles. The highest BCUT2D eigenvalue weighted by Gasteiger charge is 2.58. The van der Waals surface area contributed by atoms with Gasteiger partial charge in [-0.1, -0.05) is 97.9 Å². The van der Waals surface area contributed by atoms with Crippen molar-refractivity contribution in [2.24, 2.45) is 17.3 Å². The molecule has 0 radical (unpaired) electrons. The SMILES string of the molecule is COc1ccc(C2=CN3C(=O)c4cc(OC)c(OCCCOc5cc6c(cc5OC)C(=O)N5CC7(CC7)C[C@H]5[C@H](O)N6C(=O)OCc5ccc(CC(=O)[C@H](C)NC(=O)[C@@H](CC(=O)CCOCCOCCOCCOCCC(=O)NCCC(=O)N6Cc7ccccc7-c7c(nnn7C(C)C)-c7ccccc76)C(C)C)cc5)cc4CC[C@@H]3C2)cc1. The first-order chi connectivity index (χ1) is 57.1. The molecule has 1 aromatic heterocycles. The minimum absolute atomic E-state index is 0.00965. The number of hydrogen-bond acceptors (Lipinski definition) is 21. The number of anilines is 2. The molecule has 118 heavy (non-hydrogen) atoms. The number of carbonyl (C=O) groups is 8. The third-order valence-electron chi connectivity index (χ3n) is 22.9. The number of fused-ring (bicyclic) bond motifs is 9. The number of aromatic nitrogens is 3. The molecule has 0 unspecified atom stereocenters. The number of ketones is 2. The van der Waals surface area contributed by atoms with E-state index in [-0.39, 0.29) is 173 Å². The van der Waals surface area contributed by atoms with Crippen molar-refractivity contribution in [3.05, 3.63) is 166 Å². The minimum atomic E-state index is -1.47. The molecular formula is C90H107N9O19. The summed E-state index contributed by atoms with van der Waals surface area (Å²) < 4.78 is 59.9. The number of methoxy groups -OCH3 is 3. The number of amides is 6. The van der Waals surface area contributed by atoms with Crippen molar-refractivity contribution in [3.63, 3.8) is 0 Å². The topological polar surface area (TPSA) is 317 Å². The van der Waals surface area contributed by atoms with Gasteiger partial charge in [-0.25, -0.2) is 14.4 Å². The molecule has 6 heterocycles. The Morgan fingerprint density at radius 3 is 1.96 bits per heavy atom. The third kappa shape index (κ3) is 20.0. The predicted octanol–water partition coefficient (Wildman–Crippen LogP) is 11.5. The summed E-state index contributed by atoms with van der Waals surface area (Å²) in [5.41, 5.74) is 10.0. The number of hydrogen-bond donors (Lipinski definition) is 3. The van der Waals surface area contributed by atoms with Crippen LogP contribution in [-0.2, 0) is 73.7 Å². The van der Waals surface area contributed by atoms with E-state index in [1.165, 1.54) is 26.4 Å². The van der Waals surface area contributed by atoms with Gasteiger partial charge in [0, 0.05) is 98.6 Å². The second kappa shape index (κ2) is 39.0. The maximum atomic E-state index is 14.5. The van der Waals surface area contributed by atoms with Crippen LogP contribution in [0.4, 0.5) is 16.2 Å². The van der Waals surface area contributed by atoms with Crippen LogP contribution < -0.4 is 44.1 Å². The summed E-state index contributed by atoms with van der Waals surface area (Å²) in [4.78, 5) is 117. The molecule has 2 fully saturated rings. The molecule has 5 atom stereocenters. The first kappa shape index (κ1) is 84.9. The Hall–Kier alpha value is -11.0. The predicted molar refractivity (Wildman–Crippen MR) is 439 cm³/mol. The van der Waals surface area contributed by atoms with Crippen molar-refractivity contribution < 1.29 is 90.8 Å². The Labute approximate surface area is 687 Å². The fourth-order valence-electron chi connectivity index (χ4n) is 16.0. The molecule has 626 valence electrons. The highest BCUT2D eigenvalue weighted by Crippen LogP contribution is 2.57. The van der Waals surface area contributed by atoms with Crippen molar-refractivity contribution >= 4 is 64.1 Å². The van der Waals surface area contributed by atoms with Crippen LogP contribution >= 0.6 is 0 Å². The first-order valence-electron chi connectivity index (χ1n) is 40.9. The van der Waals surface area contributed by atoms with Gasteiger partial charge in [0.25, 0.3) is 11.8 Å². The molecule has 13 rings (SSSR count). The lowest BCUT2D eigenvalue weighted by Crippen LogP contribution is -2.50. The second-order valence-corrected chi connectivity index (χ2v) is 31.6. The van der Waals surface area contributed by atoms with Gasteiger partial charge in [0.15, 0.2) is 35.0 Å². The number of aryl methyl sites for hydroxylation is 1. The molecular weight excluding hydrogens is 1510 g/mol. The van der Waals surface area contributed by atoms with Gasteiger partial charge >= 0.3 is 6.09 Å². The van der Waals surface area contributed by atoms with E-state index in [2.05, 4.69) is 34.8 Å². The molecule has 1 aliphatic carbocycles. The molecule has 6 aliphatic rings. The van der Waals surface area contributed by atoms with Crippen LogP contribution in [0.5, 0.6) is 28.7 Å². The van der Waals surface area contributed by atoms with E-state index in [9.17, 15) is 43.5 Å². The molecule has 28 heteroatoms. The smallest absolute Gasteiger partial charge is 0.416 e. The molecule has 6 aromatic carbocycles. The number of ether oxygens (including phenoxy) is 10. The Morgan fingerprint density at radius 2 is 1.29 bits per heavy atom. The van der Waals surface area contributed by atoms with Crippen molar-refractivity contribution in [1.82, 2.24) is 35.4 Å². The van der Waals surface area contributed by atoms with E-state index >= 15 is 0 Å². The fraction of sp³-hybridized carbons (Fsp3) is 0.467. The maximum Gasteiger partial charge on any atom is 0.416 e. The molecule has 1 saturated carbocycles. The van der Waals surface area contributed by atoms with E-state index in [1.54, 1.807) is 54.2 Å². The summed E-state index contributed by atoms with van der Waals surface area (Å²) in [6, 6.07) is 35.7. The number of aliphatic hydroxyl groups excluding tert-OH is 1. The first-order valence-corrected chi connectivity index (χ1v) is 40.9. The highest BCUT2D eigenvalue weighted by molar-refractivity contribution is 6.06. The lowest BCUT2D eigenvalue weighted by Gasteiger charge is -2.31. The van der Waals surface area contributed by atoms with Crippen LogP contribution in [0.25, 0.3) is 28.1 Å². The standard InChI is InChI=1S/C90H107N9O19/c1-56(2)70(47-66(100)29-36-112-38-40-114-42-43-115-41-39-113-37-30-81(102)91-33-28-82(103)96-52-63-14-9-10-15-68(63)84-83(93-94-99(84)57(3)4)69-16-11-12-17-73(69)96)85(104)92-58(5)76(101)44-59-18-20-60(21-19-59)54-118-89(108)98-74-50-80(78(111-8)49-72(74)87(106)97-55-90(31-32-90)51-75(97)88(98)107)117-35-13-34-116-79-46-62-22-25-65-45-64(61-23-26-67(109-6)27-24-61)53-95(65)86(105)71(62)48-77(79)110-7/h9-12,14-21,23-24,26-27,46,48-50,53,56-58,65,70,75,88,107H,13,22,25,28-45,47,51-52,54-55H2,1-8H3,(H,91,102)(H,92,104)/t58-,65+,70-,75-,88-/m0/s1. The lowest BCUT2D eigenvalue weighted by atomic mass is 9.88.